The van der Waals surface area contributed by atoms with Gasteiger partial charge in [-0.15, -0.1) is 0 Å². The van der Waals surface area contributed by atoms with Crippen LogP contribution in [0.3, 0.4) is 0 Å². The lowest BCUT2D eigenvalue weighted by atomic mass is 9.86. The van der Waals surface area contributed by atoms with Crippen LogP contribution in [0.25, 0.3) is 0 Å². The minimum absolute atomic E-state index is 0.0761. The minimum atomic E-state index is -3.45. The molecule has 118 valence electrons. The van der Waals surface area contributed by atoms with Crippen LogP contribution in [0.5, 0.6) is 0 Å². The zero-order chi connectivity index (χ0) is 14.8. The number of hydrogen-bond donors (Lipinski definition) is 1. The predicted molar refractivity (Wildman–Crippen MR) is 79.5 cm³/mol. The highest BCUT2D eigenvalue weighted by Crippen LogP contribution is 2.31. The van der Waals surface area contributed by atoms with Crippen molar-refractivity contribution in [2.75, 3.05) is 20.2 Å². The van der Waals surface area contributed by atoms with Crippen molar-refractivity contribution >= 4 is 10.2 Å². The lowest BCUT2D eigenvalue weighted by Crippen LogP contribution is -2.54. The van der Waals surface area contributed by atoms with Crippen LogP contribution in [0.1, 0.15) is 51.9 Å². The van der Waals surface area contributed by atoms with Gasteiger partial charge in [0.15, 0.2) is 0 Å². The van der Waals surface area contributed by atoms with Gasteiger partial charge in [0.2, 0.25) is 0 Å². The molecule has 6 heteroatoms. The molecule has 1 aliphatic carbocycles. The summed E-state index contributed by atoms with van der Waals surface area (Å²) in [5.74, 6) is 0.417. The van der Waals surface area contributed by atoms with Crippen molar-refractivity contribution in [1.29, 1.82) is 0 Å². The van der Waals surface area contributed by atoms with Crippen LogP contribution in [0.15, 0.2) is 0 Å². The molecule has 0 radical (unpaired) electrons. The molecule has 0 aromatic rings. The van der Waals surface area contributed by atoms with Gasteiger partial charge in [0.1, 0.15) is 0 Å². The van der Waals surface area contributed by atoms with E-state index >= 15 is 0 Å². The monoisotopic (exact) mass is 304 g/mol. The Labute approximate surface area is 123 Å². The van der Waals surface area contributed by atoms with Gasteiger partial charge >= 0.3 is 0 Å². The summed E-state index contributed by atoms with van der Waals surface area (Å²) in [7, 11) is -1.74. The number of rotatable bonds is 4. The Morgan fingerprint density at radius 2 is 1.80 bits per heavy atom. The van der Waals surface area contributed by atoms with Crippen LogP contribution in [0.4, 0.5) is 0 Å². The second-order valence-electron chi connectivity index (χ2n) is 6.30. The Balaban J connectivity index is 2.15. The molecule has 1 N–H and O–H groups in total. The fourth-order valence-electron chi connectivity index (χ4n) is 3.63. The standard InChI is InChI=1S/C14H28N2O3S/c1-12-7-3-4-9-14(12)15(2)20(18,19)16-10-6-5-8-13(16)11-17/h12-14,17H,3-11H2,1-2H3. The van der Waals surface area contributed by atoms with Crippen LogP contribution >= 0.6 is 0 Å². The average molecular weight is 304 g/mol. The molecule has 0 bridgehead atoms. The average Bonchev–Trinajstić information content (AvgIpc) is 2.47. The van der Waals surface area contributed by atoms with E-state index in [0.717, 1.165) is 38.5 Å². The fourth-order valence-corrected chi connectivity index (χ4v) is 5.53. The molecular formula is C14H28N2O3S. The first kappa shape index (κ1) is 16.2. The molecule has 5 nitrogen and oxygen atoms in total. The first-order valence-electron chi connectivity index (χ1n) is 7.84. The van der Waals surface area contributed by atoms with E-state index in [1.807, 2.05) is 0 Å². The largest absolute Gasteiger partial charge is 0.395 e. The van der Waals surface area contributed by atoms with Crippen molar-refractivity contribution in [1.82, 2.24) is 8.61 Å². The van der Waals surface area contributed by atoms with Crippen molar-refractivity contribution in [3.8, 4) is 0 Å². The van der Waals surface area contributed by atoms with Gasteiger partial charge in [-0.3, -0.25) is 0 Å². The van der Waals surface area contributed by atoms with E-state index in [-0.39, 0.29) is 18.7 Å². The summed E-state index contributed by atoms with van der Waals surface area (Å²) in [5.41, 5.74) is 0. The maximum atomic E-state index is 12.8. The van der Waals surface area contributed by atoms with Crippen molar-refractivity contribution in [2.45, 2.75) is 64.0 Å². The van der Waals surface area contributed by atoms with E-state index < -0.39 is 10.2 Å². The maximum absolute atomic E-state index is 12.8. The number of aliphatic hydroxyl groups is 1. The third-order valence-corrected chi connectivity index (χ3v) is 7.05. The molecule has 1 aliphatic heterocycles. The molecule has 0 aromatic heterocycles. The molecule has 0 amide bonds. The fraction of sp³-hybridized carbons (Fsp3) is 1.00. The Morgan fingerprint density at radius 3 is 2.45 bits per heavy atom. The van der Waals surface area contributed by atoms with Gasteiger partial charge in [0, 0.05) is 25.7 Å². The molecule has 2 aliphatic rings. The van der Waals surface area contributed by atoms with E-state index in [0.29, 0.717) is 12.5 Å². The normalized spacial score (nSPS) is 33.5. The number of aliphatic hydroxyl groups excluding tert-OH is 1. The molecule has 0 spiro atoms. The van der Waals surface area contributed by atoms with E-state index in [9.17, 15) is 13.5 Å². The highest BCUT2D eigenvalue weighted by atomic mass is 32.2. The van der Waals surface area contributed by atoms with Crippen molar-refractivity contribution in [2.24, 2.45) is 5.92 Å². The number of piperidine rings is 1. The van der Waals surface area contributed by atoms with Crippen LogP contribution in [0, 0.1) is 5.92 Å². The van der Waals surface area contributed by atoms with Crippen LogP contribution in [0.2, 0.25) is 0 Å². The van der Waals surface area contributed by atoms with Gasteiger partial charge in [-0.1, -0.05) is 26.2 Å². The van der Waals surface area contributed by atoms with Gasteiger partial charge in [-0.2, -0.15) is 17.0 Å². The third kappa shape index (κ3) is 3.18. The molecule has 1 heterocycles. The zero-order valence-electron chi connectivity index (χ0n) is 12.7. The molecule has 2 rings (SSSR count). The summed E-state index contributed by atoms with van der Waals surface area (Å²) in [6.45, 7) is 2.61. The zero-order valence-corrected chi connectivity index (χ0v) is 13.5. The highest BCUT2D eigenvalue weighted by Gasteiger charge is 2.39. The highest BCUT2D eigenvalue weighted by molar-refractivity contribution is 7.86. The summed E-state index contributed by atoms with van der Waals surface area (Å²) in [4.78, 5) is 0. The minimum Gasteiger partial charge on any atom is -0.395 e. The molecular weight excluding hydrogens is 276 g/mol. The van der Waals surface area contributed by atoms with E-state index in [1.165, 1.54) is 10.7 Å². The first-order chi connectivity index (χ1) is 9.48. The summed E-state index contributed by atoms with van der Waals surface area (Å²) >= 11 is 0. The molecule has 3 unspecified atom stereocenters. The molecule has 1 saturated carbocycles. The summed E-state index contributed by atoms with van der Waals surface area (Å²) in [6, 6.07) is -0.134. The molecule has 2 fully saturated rings. The van der Waals surface area contributed by atoms with Crippen LogP contribution in [-0.2, 0) is 10.2 Å². The second-order valence-corrected chi connectivity index (χ2v) is 8.24. The smallest absolute Gasteiger partial charge is 0.282 e. The molecule has 3 atom stereocenters. The Kier molecular flexibility index (Phi) is 5.45. The van der Waals surface area contributed by atoms with Crippen molar-refractivity contribution < 1.29 is 13.5 Å². The quantitative estimate of drug-likeness (QED) is 0.858. The van der Waals surface area contributed by atoms with Crippen LogP contribution in [-0.4, -0.2) is 54.4 Å². The van der Waals surface area contributed by atoms with Gasteiger partial charge in [-0.25, -0.2) is 0 Å². The third-order valence-electron chi connectivity index (χ3n) is 4.98. The van der Waals surface area contributed by atoms with Gasteiger partial charge in [0.25, 0.3) is 10.2 Å². The number of nitrogens with zero attached hydrogens (tertiary/aromatic N) is 2. The second kappa shape index (κ2) is 6.73. The SMILES string of the molecule is CC1CCCCC1N(C)S(=O)(=O)N1CCCCC1CO. The van der Waals surface area contributed by atoms with E-state index in [2.05, 4.69) is 6.92 Å². The van der Waals surface area contributed by atoms with E-state index in [4.69, 9.17) is 0 Å². The summed E-state index contributed by atoms with van der Waals surface area (Å²) < 4.78 is 28.8. The van der Waals surface area contributed by atoms with Gasteiger partial charge in [-0.05, 0) is 31.6 Å². The maximum Gasteiger partial charge on any atom is 0.282 e. The lowest BCUT2D eigenvalue weighted by Gasteiger charge is -2.41. The summed E-state index contributed by atoms with van der Waals surface area (Å²) in [5, 5.41) is 9.44. The predicted octanol–water partition coefficient (Wildman–Crippen LogP) is 1.59. The topological polar surface area (TPSA) is 60.9 Å². The van der Waals surface area contributed by atoms with Crippen molar-refractivity contribution in [3.05, 3.63) is 0 Å². The lowest BCUT2D eigenvalue weighted by molar-refractivity contribution is 0.138. The van der Waals surface area contributed by atoms with Crippen LogP contribution < -0.4 is 0 Å². The Bertz CT molecular complexity index is 413. The van der Waals surface area contributed by atoms with Gasteiger partial charge < -0.3 is 5.11 Å². The van der Waals surface area contributed by atoms with Crippen molar-refractivity contribution in [3.63, 3.8) is 0 Å². The number of hydrogen-bond acceptors (Lipinski definition) is 3. The first-order valence-corrected chi connectivity index (χ1v) is 9.24. The molecule has 0 aromatic carbocycles. The Hall–Kier alpha value is -0.170. The summed E-state index contributed by atoms with van der Waals surface area (Å²) in [6.07, 6.45) is 7.03. The van der Waals surface area contributed by atoms with E-state index in [1.54, 1.807) is 11.4 Å². The molecule has 1 saturated heterocycles. The Morgan fingerprint density at radius 1 is 1.15 bits per heavy atom. The van der Waals surface area contributed by atoms with Gasteiger partial charge in [0.05, 0.1) is 6.61 Å². The molecule has 20 heavy (non-hydrogen) atoms.